The van der Waals surface area contributed by atoms with Gasteiger partial charge in [-0.15, -0.1) is 0 Å². The molecular weight excluding hydrogens is 366 g/mol. The average Bonchev–Trinajstić information content (AvgIpc) is 3.56. The van der Waals surface area contributed by atoms with Crippen molar-refractivity contribution in [1.29, 1.82) is 0 Å². The Morgan fingerprint density at radius 3 is 2.14 bits per heavy atom. The summed E-state index contributed by atoms with van der Waals surface area (Å²) in [5.74, 6) is 2.65. The molecule has 0 heterocycles. The maximum Gasteiger partial charge on any atom is 0.261 e. The molecule has 0 bridgehead atoms. The SMILES string of the molecule is COc1cccc(OC)c1C(=O)N(Cc1ccc(OCC2CCC2)cc1)C1CC1. The quantitative estimate of drug-likeness (QED) is 0.618. The van der Waals surface area contributed by atoms with E-state index in [0.717, 1.165) is 30.8 Å². The first-order chi connectivity index (χ1) is 14.2. The van der Waals surface area contributed by atoms with Gasteiger partial charge in [-0.3, -0.25) is 4.79 Å². The zero-order valence-corrected chi connectivity index (χ0v) is 17.2. The average molecular weight is 395 g/mol. The minimum absolute atomic E-state index is 0.0490. The van der Waals surface area contributed by atoms with E-state index in [-0.39, 0.29) is 11.9 Å². The van der Waals surface area contributed by atoms with Crippen LogP contribution in [-0.2, 0) is 6.54 Å². The normalized spacial score (nSPS) is 16.1. The van der Waals surface area contributed by atoms with Crippen molar-refractivity contribution >= 4 is 5.91 Å². The zero-order valence-electron chi connectivity index (χ0n) is 17.2. The molecule has 2 saturated carbocycles. The molecule has 5 nitrogen and oxygen atoms in total. The van der Waals surface area contributed by atoms with Gasteiger partial charge >= 0.3 is 0 Å². The smallest absolute Gasteiger partial charge is 0.261 e. The second kappa shape index (κ2) is 8.76. The van der Waals surface area contributed by atoms with Gasteiger partial charge in [0, 0.05) is 12.6 Å². The van der Waals surface area contributed by atoms with Crippen LogP contribution in [0.1, 0.15) is 48.0 Å². The molecule has 0 radical (unpaired) electrons. The van der Waals surface area contributed by atoms with E-state index in [1.165, 1.54) is 19.3 Å². The summed E-state index contributed by atoms with van der Waals surface area (Å²) in [6, 6.07) is 13.8. The Hall–Kier alpha value is -2.69. The van der Waals surface area contributed by atoms with Gasteiger partial charge in [-0.1, -0.05) is 24.6 Å². The molecule has 0 aromatic heterocycles. The van der Waals surface area contributed by atoms with Crippen molar-refractivity contribution in [3.8, 4) is 17.2 Å². The van der Waals surface area contributed by atoms with Crippen molar-refractivity contribution < 1.29 is 19.0 Å². The first-order valence-electron chi connectivity index (χ1n) is 10.4. The van der Waals surface area contributed by atoms with Gasteiger partial charge in [-0.05, 0) is 61.4 Å². The number of benzene rings is 2. The molecule has 4 rings (SSSR count). The molecule has 2 aromatic rings. The molecule has 0 spiro atoms. The second-order valence-corrected chi connectivity index (χ2v) is 7.95. The van der Waals surface area contributed by atoms with Crippen LogP contribution >= 0.6 is 0 Å². The van der Waals surface area contributed by atoms with E-state index in [4.69, 9.17) is 14.2 Å². The highest BCUT2D eigenvalue weighted by Gasteiger charge is 2.35. The van der Waals surface area contributed by atoms with Gasteiger partial charge < -0.3 is 19.1 Å². The van der Waals surface area contributed by atoms with Crippen molar-refractivity contribution in [2.75, 3.05) is 20.8 Å². The van der Waals surface area contributed by atoms with Crippen LogP contribution in [0.2, 0.25) is 0 Å². The Morgan fingerprint density at radius 2 is 1.62 bits per heavy atom. The Bertz CT molecular complexity index is 818. The first-order valence-corrected chi connectivity index (χ1v) is 10.4. The van der Waals surface area contributed by atoms with Crippen molar-refractivity contribution in [3.05, 3.63) is 53.6 Å². The molecule has 0 N–H and O–H groups in total. The largest absolute Gasteiger partial charge is 0.496 e. The van der Waals surface area contributed by atoms with Gasteiger partial charge in [0.15, 0.2) is 0 Å². The van der Waals surface area contributed by atoms with Crippen LogP contribution < -0.4 is 14.2 Å². The molecule has 5 heteroatoms. The highest BCUT2D eigenvalue weighted by Crippen LogP contribution is 2.35. The van der Waals surface area contributed by atoms with Gasteiger partial charge in [-0.25, -0.2) is 0 Å². The fourth-order valence-corrected chi connectivity index (χ4v) is 3.72. The number of ether oxygens (including phenoxy) is 3. The number of hydrogen-bond donors (Lipinski definition) is 0. The lowest BCUT2D eigenvalue weighted by Crippen LogP contribution is -2.33. The monoisotopic (exact) mass is 395 g/mol. The minimum atomic E-state index is -0.0490. The molecule has 0 aliphatic heterocycles. The third kappa shape index (κ3) is 4.50. The molecule has 2 aliphatic carbocycles. The number of amides is 1. The summed E-state index contributed by atoms with van der Waals surface area (Å²) >= 11 is 0. The van der Waals surface area contributed by atoms with E-state index in [0.29, 0.717) is 29.5 Å². The summed E-state index contributed by atoms with van der Waals surface area (Å²) in [6.45, 7) is 1.37. The third-order valence-corrected chi connectivity index (χ3v) is 5.88. The Labute approximate surface area is 172 Å². The van der Waals surface area contributed by atoms with E-state index in [9.17, 15) is 4.79 Å². The van der Waals surface area contributed by atoms with Crippen LogP contribution in [-0.4, -0.2) is 37.7 Å². The Balaban J connectivity index is 1.48. The fraction of sp³-hybridized carbons (Fsp3) is 0.458. The lowest BCUT2D eigenvalue weighted by Gasteiger charge is -2.25. The highest BCUT2D eigenvalue weighted by molar-refractivity contribution is 6.00. The summed E-state index contributed by atoms with van der Waals surface area (Å²) in [5.41, 5.74) is 1.58. The van der Waals surface area contributed by atoms with Gasteiger partial charge in [0.2, 0.25) is 0 Å². The number of carbonyl (C=O) groups is 1. The van der Waals surface area contributed by atoms with Crippen LogP contribution in [0.5, 0.6) is 17.2 Å². The van der Waals surface area contributed by atoms with E-state index < -0.39 is 0 Å². The molecule has 0 unspecified atom stereocenters. The number of methoxy groups -OCH3 is 2. The molecule has 2 aliphatic rings. The lowest BCUT2D eigenvalue weighted by molar-refractivity contribution is 0.0723. The van der Waals surface area contributed by atoms with Crippen molar-refractivity contribution in [2.45, 2.75) is 44.7 Å². The fourth-order valence-electron chi connectivity index (χ4n) is 3.72. The second-order valence-electron chi connectivity index (χ2n) is 7.95. The van der Waals surface area contributed by atoms with Gasteiger partial charge in [-0.2, -0.15) is 0 Å². The lowest BCUT2D eigenvalue weighted by atomic mass is 9.86. The molecule has 2 fully saturated rings. The number of nitrogens with zero attached hydrogens (tertiary/aromatic N) is 1. The first kappa shape index (κ1) is 19.6. The predicted molar refractivity (Wildman–Crippen MR) is 112 cm³/mol. The maximum atomic E-state index is 13.4. The van der Waals surface area contributed by atoms with E-state index >= 15 is 0 Å². The predicted octanol–water partition coefficient (Wildman–Crippen LogP) is 4.69. The topological polar surface area (TPSA) is 48.0 Å². The number of carbonyl (C=O) groups excluding carboxylic acids is 1. The minimum Gasteiger partial charge on any atom is -0.496 e. The molecule has 154 valence electrons. The van der Waals surface area contributed by atoms with Crippen molar-refractivity contribution in [1.82, 2.24) is 4.90 Å². The van der Waals surface area contributed by atoms with E-state index in [1.54, 1.807) is 26.4 Å². The van der Waals surface area contributed by atoms with Crippen LogP contribution in [0.15, 0.2) is 42.5 Å². The Morgan fingerprint density at radius 1 is 0.966 bits per heavy atom. The summed E-state index contributed by atoms with van der Waals surface area (Å²) < 4.78 is 16.8. The molecule has 0 saturated heterocycles. The van der Waals surface area contributed by atoms with E-state index in [2.05, 4.69) is 12.1 Å². The van der Waals surface area contributed by atoms with Crippen LogP contribution in [0, 0.1) is 5.92 Å². The van der Waals surface area contributed by atoms with Crippen LogP contribution in [0.25, 0.3) is 0 Å². The Kier molecular flexibility index (Phi) is 5.93. The standard InChI is InChI=1S/C24H29NO4/c1-27-21-7-4-8-22(28-2)23(21)24(26)25(19-11-12-19)15-17-9-13-20(14-10-17)29-16-18-5-3-6-18/h4,7-10,13-14,18-19H,3,5-6,11-12,15-16H2,1-2H3. The van der Waals surface area contributed by atoms with Gasteiger partial charge in [0.25, 0.3) is 5.91 Å². The molecule has 2 aromatic carbocycles. The maximum absolute atomic E-state index is 13.4. The highest BCUT2D eigenvalue weighted by atomic mass is 16.5. The summed E-state index contributed by atoms with van der Waals surface area (Å²) in [6.07, 6.45) is 5.96. The summed E-state index contributed by atoms with van der Waals surface area (Å²) in [7, 11) is 3.16. The van der Waals surface area contributed by atoms with Crippen LogP contribution in [0.4, 0.5) is 0 Å². The molecule has 1 amide bonds. The molecule has 29 heavy (non-hydrogen) atoms. The molecule has 0 atom stereocenters. The van der Waals surface area contributed by atoms with Crippen molar-refractivity contribution in [2.24, 2.45) is 5.92 Å². The van der Waals surface area contributed by atoms with Crippen LogP contribution in [0.3, 0.4) is 0 Å². The third-order valence-electron chi connectivity index (χ3n) is 5.88. The molecular formula is C24H29NO4. The summed E-state index contributed by atoms with van der Waals surface area (Å²) in [4.78, 5) is 15.4. The summed E-state index contributed by atoms with van der Waals surface area (Å²) in [5, 5.41) is 0. The number of hydrogen-bond acceptors (Lipinski definition) is 4. The van der Waals surface area contributed by atoms with Gasteiger partial charge in [0.05, 0.1) is 20.8 Å². The van der Waals surface area contributed by atoms with E-state index in [1.807, 2.05) is 23.1 Å². The van der Waals surface area contributed by atoms with Crippen molar-refractivity contribution in [3.63, 3.8) is 0 Å². The van der Waals surface area contributed by atoms with Gasteiger partial charge in [0.1, 0.15) is 22.8 Å². The number of rotatable bonds is 9. The zero-order chi connectivity index (χ0) is 20.2.